The lowest BCUT2D eigenvalue weighted by Gasteiger charge is -2.07. The number of hydrogen-bond donors (Lipinski definition) is 0. The van der Waals surface area contributed by atoms with Crippen LogP contribution >= 0.6 is 0 Å². The third-order valence-electron chi connectivity index (χ3n) is 4.71. The van der Waals surface area contributed by atoms with Crippen LogP contribution in [0.4, 0.5) is 0 Å². The molecule has 164 valence electrons. The Hall–Kier alpha value is -3.61. The molecule has 0 unspecified atom stereocenters. The first-order valence-electron chi connectivity index (χ1n) is 10.2. The minimum absolute atomic E-state index is 0.251. The van der Waals surface area contributed by atoms with Gasteiger partial charge < -0.3 is 4.74 Å². The third kappa shape index (κ3) is 6.70. The highest BCUT2D eigenvalue weighted by Crippen LogP contribution is 2.18. The van der Waals surface area contributed by atoms with Crippen LogP contribution in [-0.2, 0) is 27.5 Å². The lowest BCUT2D eigenvalue weighted by atomic mass is 10.0. The summed E-state index contributed by atoms with van der Waals surface area (Å²) in [5.41, 5.74) is 5.53. The van der Waals surface area contributed by atoms with E-state index in [0.717, 1.165) is 33.3 Å². The Labute approximate surface area is 187 Å². The van der Waals surface area contributed by atoms with Crippen LogP contribution in [0.15, 0.2) is 79.1 Å². The van der Waals surface area contributed by atoms with E-state index in [1.165, 1.54) is 14.2 Å². The molecule has 0 aliphatic carbocycles. The topological polar surface area (TPSA) is 70.5 Å². The molecule has 4 aromatic rings. The Balaban J connectivity index is 0.000000668. The molecule has 0 bridgehead atoms. The molecule has 32 heavy (non-hydrogen) atoms. The van der Waals surface area contributed by atoms with Gasteiger partial charge in [0.15, 0.2) is 0 Å². The van der Waals surface area contributed by atoms with Crippen LogP contribution < -0.4 is 0 Å². The normalized spacial score (nSPS) is 10.3. The minimum atomic E-state index is -0.364. The summed E-state index contributed by atoms with van der Waals surface area (Å²) in [5, 5.41) is 1.11. The SMILES string of the molecule is COOC.Cc1ccc2cc(Cc3cncc(C(=O)OCc4ccccc4)c3)ccc2n1. The molecule has 0 saturated heterocycles. The number of benzene rings is 2. The van der Waals surface area contributed by atoms with Gasteiger partial charge in [0.25, 0.3) is 0 Å². The van der Waals surface area contributed by atoms with Gasteiger partial charge in [0.1, 0.15) is 6.61 Å². The fourth-order valence-electron chi connectivity index (χ4n) is 3.12. The zero-order valence-electron chi connectivity index (χ0n) is 18.4. The van der Waals surface area contributed by atoms with Crippen LogP contribution in [-0.4, -0.2) is 30.2 Å². The van der Waals surface area contributed by atoms with Crippen LogP contribution in [0.25, 0.3) is 10.9 Å². The van der Waals surface area contributed by atoms with Gasteiger partial charge in [-0.05, 0) is 54.3 Å². The Morgan fingerprint density at radius 3 is 2.38 bits per heavy atom. The van der Waals surface area contributed by atoms with Gasteiger partial charge in [0.05, 0.1) is 25.3 Å². The Bertz CT molecular complexity index is 1160. The molecule has 0 aliphatic rings. The number of fused-ring (bicyclic) bond motifs is 1. The molecule has 0 atom stereocenters. The molecule has 0 N–H and O–H groups in total. The van der Waals surface area contributed by atoms with Gasteiger partial charge in [0.2, 0.25) is 0 Å². The highest BCUT2D eigenvalue weighted by Gasteiger charge is 2.10. The highest BCUT2D eigenvalue weighted by atomic mass is 17.2. The predicted octanol–water partition coefficient (Wildman–Crippen LogP) is 5.08. The number of rotatable bonds is 6. The van der Waals surface area contributed by atoms with E-state index in [1.807, 2.05) is 55.5 Å². The van der Waals surface area contributed by atoms with Gasteiger partial charge in [0, 0.05) is 23.5 Å². The second-order valence-electron chi connectivity index (χ2n) is 7.13. The first-order valence-corrected chi connectivity index (χ1v) is 10.2. The fraction of sp³-hybridized carbons (Fsp3) is 0.192. The average Bonchev–Trinajstić information content (AvgIpc) is 2.83. The van der Waals surface area contributed by atoms with Crippen LogP contribution in [0.3, 0.4) is 0 Å². The number of pyridine rings is 2. The van der Waals surface area contributed by atoms with Crippen molar-refractivity contribution in [3.8, 4) is 0 Å². The number of ether oxygens (including phenoxy) is 1. The quantitative estimate of drug-likeness (QED) is 0.241. The zero-order valence-corrected chi connectivity index (χ0v) is 18.4. The molecule has 0 radical (unpaired) electrons. The average molecular weight is 431 g/mol. The highest BCUT2D eigenvalue weighted by molar-refractivity contribution is 5.89. The smallest absolute Gasteiger partial charge is 0.340 e. The molecule has 0 fully saturated rings. The molecular weight excluding hydrogens is 404 g/mol. The summed E-state index contributed by atoms with van der Waals surface area (Å²) in [7, 11) is 2.92. The Kier molecular flexibility index (Phi) is 8.43. The number of carbonyl (C=O) groups is 1. The van der Waals surface area contributed by atoms with Gasteiger partial charge >= 0.3 is 5.97 Å². The number of nitrogens with zero attached hydrogens (tertiary/aromatic N) is 2. The predicted molar refractivity (Wildman–Crippen MR) is 123 cm³/mol. The van der Waals surface area contributed by atoms with Gasteiger partial charge in [-0.1, -0.05) is 42.5 Å². The monoisotopic (exact) mass is 430 g/mol. The van der Waals surface area contributed by atoms with Gasteiger partial charge in [-0.15, -0.1) is 0 Å². The van der Waals surface area contributed by atoms with E-state index >= 15 is 0 Å². The maximum atomic E-state index is 12.4. The second kappa shape index (κ2) is 11.7. The van der Waals surface area contributed by atoms with Crippen LogP contribution in [0.1, 0.15) is 32.7 Å². The lowest BCUT2D eigenvalue weighted by Crippen LogP contribution is -2.06. The van der Waals surface area contributed by atoms with E-state index in [9.17, 15) is 4.79 Å². The van der Waals surface area contributed by atoms with E-state index in [2.05, 4.69) is 37.9 Å². The van der Waals surface area contributed by atoms with Crippen molar-refractivity contribution < 1.29 is 19.3 Å². The maximum Gasteiger partial charge on any atom is 0.340 e. The molecule has 2 heterocycles. The van der Waals surface area contributed by atoms with Gasteiger partial charge in [-0.25, -0.2) is 14.6 Å². The van der Waals surface area contributed by atoms with Crippen molar-refractivity contribution in [2.75, 3.05) is 14.2 Å². The molecule has 6 nitrogen and oxygen atoms in total. The summed E-state index contributed by atoms with van der Waals surface area (Å²) in [6, 6.07) is 21.8. The summed E-state index contributed by atoms with van der Waals surface area (Å²) in [6.45, 7) is 2.24. The number of aryl methyl sites for hydroxylation is 1. The summed E-state index contributed by atoms with van der Waals surface area (Å²) in [6.07, 6.45) is 4.02. The molecule has 6 heteroatoms. The van der Waals surface area contributed by atoms with E-state index in [0.29, 0.717) is 12.0 Å². The van der Waals surface area contributed by atoms with Gasteiger partial charge in [-0.2, -0.15) is 0 Å². The maximum absolute atomic E-state index is 12.4. The molecule has 0 aliphatic heterocycles. The molecule has 0 spiro atoms. The standard InChI is InChI=1S/C24H20N2O2.C2H6O2/c1-17-7-9-21-12-19(8-10-23(21)26-17)11-20-13-22(15-25-14-20)24(27)28-16-18-5-3-2-4-6-18;1-3-4-2/h2-10,12-15H,11,16H2,1H3;1-2H3. The van der Waals surface area contributed by atoms with Crippen molar-refractivity contribution in [3.63, 3.8) is 0 Å². The molecule has 0 amide bonds. The Morgan fingerprint density at radius 2 is 1.62 bits per heavy atom. The number of carbonyl (C=O) groups excluding carboxylic acids is 1. The van der Waals surface area contributed by atoms with Crippen molar-refractivity contribution in [1.82, 2.24) is 9.97 Å². The molecule has 4 rings (SSSR count). The van der Waals surface area contributed by atoms with Crippen LogP contribution in [0.5, 0.6) is 0 Å². The largest absolute Gasteiger partial charge is 0.457 e. The van der Waals surface area contributed by atoms with E-state index < -0.39 is 0 Å². The lowest BCUT2D eigenvalue weighted by molar-refractivity contribution is -0.248. The summed E-state index contributed by atoms with van der Waals surface area (Å²) in [4.78, 5) is 29.2. The first-order chi connectivity index (χ1) is 15.6. The summed E-state index contributed by atoms with van der Waals surface area (Å²) in [5.74, 6) is -0.364. The third-order valence-corrected chi connectivity index (χ3v) is 4.71. The fourth-order valence-corrected chi connectivity index (χ4v) is 3.12. The second-order valence-corrected chi connectivity index (χ2v) is 7.13. The van der Waals surface area contributed by atoms with Crippen molar-refractivity contribution in [2.45, 2.75) is 20.0 Å². The van der Waals surface area contributed by atoms with Crippen molar-refractivity contribution in [2.24, 2.45) is 0 Å². The minimum Gasteiger partial charge on any atom is -0.457 e. The number of hydrogen-bond acceptors (Lipinski definition) is 6. The summed E-state index contributed by atoms with van der Waals surface area (Å²) >= 11 is 0. The van der Waals surface area contributed by atoms with E-state index in [1.54, 1.807) is 12.4 Å². The van der Waals surface area contributed by atoms with E-state index in [4.69, 9.17) is 4.74 Å². The van der Waals surface area contributed by atoms with E-state index in [-0.39, 0.29) is 12.6 Å². The number of aromatic nitrogens is 2. The van der Waals surface area contributed by atoms with Crippen LogP contribution in [0.2, 0.25) is 0 Å². The van der Waals surface area contributed by atoms with Crippen molar-refractivity contribution in [3.05, 3.63) is 107 Å². The van der Waals surface area contributed by atoms with Crippen molar-refractivity contribution in [1.29, 1.82) is 0 Å². The molecule has 0 saturated carbocycles. The Morgan fingerprint density at radius 1 is 0.844 bits per heavy atom. The zero-order chi connectivity index (χ0) is 22.8. The molecule has 2 aromatic carbocycles. The van der Waals surface area contributed by atoms with Crippen molar-refractivity contribution >= 4 is 16.9 Å². The summed E-state index contributed by atoms with van der Waals surface area (Å²) < 4.78 is 5.40. The number of esters is 1. The molecule has 2 aromatic heterocycles. The first kappa shape index (κ1) is 23.1. The van der Waals surface area contributed by atoms with Gasteiger partial charge in [-0.3, -0.25) is 9.97 Å². The molecular formula is C26H26N2O4. The van der Waals surface area contributed by atoms with Crippen LogP contribution in [0, 0.1) is 6.92 Å².